The number of carboxylic acids is 1. The molecule has 0 bridgehead atoms. The van der Waals surface area contributed by atoms with Crippen molar-refractivity contribution in [2.45, 2.75) is 136 Å². The average molecular weight is 578 g/mol. The van der Waals surface area contributed by atoms with Gasteiger partial charge >= 0.3 is 17.9 Å². The lowest BCUT2D eigenvalue weighted by molar-refractivity contribution is -0.174. The zero-order chi connectivity index (χ0) is 30.4. The highest BCUT2D eigenvalue weighted by molar-refractivity contribution is 5.82. The maximum atomic E-state index is 11.8. The van der Waals surface area contributed by atoms with E-state index in [9.17, 15) is 14.4 Å². The third-order valence-electron chi connectivity index (χ3n) is 6.51. The summed E-state index contributed by atoms with van der Waals surface area (Å²) < 4.78 is 9.70. The number of carboxylic acid groups (broad SMARTS) is 1. The van der Waals surface area contributed by atoms with Gasteiger partial charge in [-0.25, -0.2) is 9.59 Å². The van der Waals surface area contributed by atoms with Gasteiger partial charge in [0.05, 0.1) is 19.8 Å². The van der Waals surface area contributed by atoms with E-state index in [0.29, 0.717) is 19.6 Å². The number of carbonyl (C=O) groups excluding carboxylic acids is 2. The summed E-state index contributed by atoms with van der Waals surface area (Å²) in [7, 11) is 0. The van der Waals surface area contributed by atoms with Gasteiger partial charge in [0.2, 0.25) is 0 Å². The molecule has 10 nitrogen and oxygen atoms in total. The lowest BCUT2D eigenvalue weighted by atomic mass is 10.0. The van der Waals surface area contributed by atoms with Gasteiger partial charge in [-0.3, -0.25) is 9.69 Å². The molecule has 0 aromatic rings. The lowest BCUT2D eigenvalue weighted by Crippen LogP contribution is -2.32. The van der Waals surface area contributed by atoms with Crippen molar-refractivity contribution in [3.8, 4) is 0 Å². The number of carbonyl (C=O) groups is 3. The predicted molar refractivity (Wildman–Crippen MR) is 156 cm³/mol. The van der Waals surface area contributed by atoms with Crippen LogP contribution in [0.4, 0.5) is 0 Å². The molecule has 0 fully saturated rings. The van der Waals surface area contributed by atoms with Gasteiger partial charge in [-0.05, 0) is 20.3 Å². The molecule has 0 spiro atoms. The first-order valence-electron chi connectivity index (χ1n) is 15.4. The molecule has 0 aromatic carbocycles. The fraction of sp³-hybridized carbons (Fsp3) is 0.900. The van der Waals surface area contributed by atoms with Crippen molar-refractivity contribution in [3.05, 3.63) is 0 Å². The van der Waals surface area contributed by atoms with Gasteiger partial charge in [0, 0.05) is 26.1 Å². The van der Waals surface area contributed by atoms with Crippen molar-refractivity contribution in [2.24, 2.45) is 0 Å². The Morgan fingerprint density at radius 2 is 0.975 bits per heavy atom. The third kappa shape index (κ3) is 27.8. The number of ether oxygens (including phenoxy) is 2. The van der Waals surface area contributed by atoms with Crippen LogP contribution < -0.4 is 0 Å². The molecule has 40 heavy (non-hydrogen) atoms. The smallest absolute Gasteiger partial charge is 0.347 e. The molecule has 2 unspecified atom stereocenters. The van der Waals surface area contributed by atoms with Crippen molar-refractivity contribution in [1.82, 2.24) is 4.90 Å². The van der Waals surface area contributed by atoms with Gasteiger partial charge in [-0.2, -0.15) is 0 Å². The van der Waals surface area contributed by atoms with Gasteiger partial charge < -0.3 is 29.9 Å². The molecule has 2 atom stereocenters. The normalized spacial score (nSPS) is 12.4. The van der Waals surface area contributed by atoms with Crippen LogP contribution in [0.25, 0.3) is 0 Å². The summed E-state index contributed by atoms with van der Waals surface area (Å²) in [5.41, 5.74) is 0. The minimum Gasteiger partial charge on any atom is -0.479 e. The number of hydrogen-bond acceptors (Lipinski definition) is 9. The number of aliphatic carboxylic acids is 1. The van der Waals surface area contributed by atoms with Crippen LogP contribution in [0.5, 0.6) is 0 Å². The van der Waals surface area contributed by atoms with E-state index in [4.69, 9.17) is 25.2 Å². The number of aliphatic hydroxyl groups excluding tert-OH is 3. The van der Waals surface area contributed by atoms with Crippen molar-refractivity contribution >= 4 is 17.9 Å². The van der Waals surface area contributed by atoms with E-state index in [2.05, 4.69) is 11.7 Å². The molecule has 4 N–H and O–H groups in total. The highest BCUT2D eigenvalue weighted by Crippen LogP contribution is 2.14. The Kier molecular flexibility index (Phi) is 30.5. The van der Waals surface area contributed by atoms with Crippen LogP contribution in [-0.2, 0) is 23.9 Å². The molecular formula is C30H59NO9. The predicted octanol–water partition coefficient (Wildman–Crippen LogP) is 4.46. The zero-order valence-electron chi connectivity index (χ0n) is 25.5. The Balaban J connectivity index is 0. The third-order valence-corrected chi connectivity index (χ3v) is 6.51. The summed E-state index contributed by atoms with van der Waals surface area (Å²) in [6, 6.07) is 0. The molecule has 0 aromatic heterocycles. The summed E-state index contributed by atoms with van der Waals surface area (Å²) in [6.07, 6.45) is 16.8. The van der Waals surface area contributed by atoms with E-state index in [0.717, 1.165) is 19.3 Å². The molecule has 238 valence electrons. The Morgan fingerprint density at radius 1 is 0.600 bits per heavy atom. The first-order chi connectivity index (χ1) is 19.2. The first-order valence-corrected chi connectivity index (χ1v) is 15.4. The minimum atomic E-state index is -1.26. The van der Waals surface area contributed by atoms with E-state index >= 15 is 0 Å². The van der Waals surface area contributed by atoms with Crippen LogP contribution in [0.1, 0.15) is 124 Å². The van der Waals surface area contributed by atoms with Crippen molar-refractivity contribution in [1.29, 1.82) is 0 Å². The Labute approximate surface area is 242 Å². The van der Waals surface area contributed by atoms with Gasteiger partial charge in [0.15, 0.2) is 12.2 Å². The SMILES string of the molecule is CCCCCCCCCCCCCCCCCC(=O)OC(C)C(=O)OC(C)C(=O)O.OCCN(CCO)CCO. The van der Waals surface area contributed by atoms with Gasteiger partial charge in [-0.1, -0.05) is 96.8 Å². The molecule has 0 saturated heterocycles. The quantitative estimate of drug-likeness (QED) is 0.0855. The number of hydrogen-bond donors (Lipinski definition) is 4. The van der Waals surface area contributed by atoms with E-state index in [1.807, 2.05) is 0 Å². The largest absolute Gasteiger partial charge is 0.479 e. The number of nitrogens with zero attached hydrogens (tertiary/aromatic N) is 1. The second-order valence-corrected chi connectivity index (χ2v) is 10.3. The second kappa shape index (κ2) is 30.2. The molecule has 0 aliphatic carbocycles. The number of esters is 2. The van der Waals surface area contributed by atoms with E-state index in [1.54, 1.807) is 4.90 Å². The summed E-state index contributed by atoms with van der Waals surface area (Å²) in [6.45, 7) is 6.65. The summed E-state index contributed by atoms with van der Waals surface area (Å²) in [4.78, 5) is 35.9. The molecule has 0 rings (SSSR count). The Morgan fingerprint density at radius 3 is 1.32 bits per heavy atom. The maximum Gasteiger partial charge on any atom is 0.347 e. The molecule has 0 radical (unpaired) electrons. The molecule has 10 heteroatoms. The standard InChI is InChI=1S/C24H44O6.C6H15NO3/c1-4-5-6-7-8-9-10-11-12-13-14-15-16-17-18-19-22(25)29-21(3)24(28)30-20(2)23(26)27;8-4-1-7(2-5-9)3-6-10/h20-21H,4-19H2,1-3H3,(H,26,27);8-10H,1-6H2. The molecule has 0 heterocycles. The van der Waals surface area contributed by atoms with Crippen LogP contribution >= 0.6 is 0 Å². The fourth-order valence-corrected chi connectivity index (χ4v) is 4.02. The Bertz CT molecular complexity index is 589. The van der Waals surface area contributed by atoms with Gasteiger partial charge in [-0.15, -0.1) is 0 Å². The van der Waals surface area contributed by atoms with Crippen LogP contribution in [-0.4, -0.2) is 94.9 Å². The van der Waals surface area contributed by atoms with Crippen LogP contribution in [0, 0.1) is 0 Å². The van der Waals surface area contributed by atoms with Crippen LogP contribution in [0.2, 0.25) is 0 Å². The highest BCUT2D eigenvalue weighted by atomic mass is 16.6. The second-order valence-electron chi connectivity index (χ2n) is 10.3. The topological polar surface area (TPSA) is 154 Å². The molecule has 0 saturated carbocycles. The van der Waals surface area contributed by atoms with Gasteiger partial charge in [0.25, 0.3) is 0 Å². The molecular weight excluding hydrogens is 518 g/mol. The summed E-state index contributed by atoms with van der Waals surface area (Å²) >= 11 is 0. The first kappa shape index (κ1) is 40.4. The maximum absolute atomic E-state index is 11.8. The van der Waals surface area contributed by atoms with Crippen molar-refractivity contribution < 1.29 is 44.3 Å². The zero-order valence-corrected chi connectivity index (χ0v) is 25.5. The van der Waals surface area contributed by atoms with Gasteiger partial charge in [0.1, 0.15) is 0 Å². The van der Waals surface area contributed by atoms with Crippen LogP contribution in [0.15, 0.2) is 0 Å². The fourth-order valence-electron chi connectivity index (χ4n) is 4.02. The monoisotopic (exact) mass is 577 g/mol. The lowest BCUT2D eigenvalue weighted by Gasteiger charge is -2.17. The van der Waals surface area contributed by atoms with E-state index in [1.165, 1.54) is 90.9 Å². The van der Waals surface area contributed by atoms with Crippen LogP contribution in [0.3, 0.4) is 0 Å². The van der Waals surface area contributed by atoms with Crippen molar-refractivity contribution in [2.75, 3.05) is 39.5 Å². The number of rotatable bonds is 26. The number of unbranched alkanes of at least 4 members (excludes halogenated alkanes) is 14. The average Bonchev–Trinajstić information content (AvgIpc) is 2.91. The molecule has 0 aliphatic rings. The summed E-state index contributed by atoms with van der Waals surface area (Å²) in [5, 5.41) is 34.2. The highest BCUT2D eigenvalue weighted by Gasteiger charge is 2.24. The van der Waals surface area contributed by atoms with E-state index in [-0.39, 0.29) is 26.2 Å². The Hall–Kier alpha value is -1.75. The number of aliphatic hydroxyl groups is 3. The van der Waals surface area contributed by atoms with Crippen molar-refractivity contribution in [3.63, 3.8) is 0 Å². The minimum absolute atomic E-state index is 0.0694. The summed E-state index contributed by atoms with van der Waals surface area (Å²) in [5.74, 6) is -2.52. The van der Waals surface area contributed by atoms with E-state index < -0.39 is 30.1 Å². The molecule has 0 amide bonds. The molecule has 0 aliphatic heterocycles.